The molecule has 224 valence electrons. The van der Waals surface area contributed by atoms with E-state index in [1.165, 1.54) is 82.8 Å². The minimum absolute atomic E-state index is 0.0991. The number of carbonyl (C=O) groups excluding carboxylic acids is 1. The summed E-state index contributed by atoms with van der Waals surface area (Å²) in [6.45, 7) is 2.24. The number of alkyl halides is 6. The van der Waals surface area contributed by atoms with E-state index in [1.54, 1.807) is 0 Å². The number of carbonyl (C=O) groups is 1. The van der Waals surface area contributed by atoms with Crippen LogP contribution >= 0.6 is 47.0 Å². The highest BCUT2D eigenvalue weighted by Gasteiger charge is 2.35. The average Bonchev–Trinajstić information content (AvgIpc) is 2.85. The molecule has 1 rings (SSSR count). The molecule has 1 aromatic carbocycles. The second-order valence-corrected chi connectivity index (χ2v) is 12.7. The van der Waals surface area contributed by atoms with Crippen LogP contribution in [0.15, 0.2) is 24.3 Å². The zero-order valence-corrected chi connectivity index (χ0v) is 25.9. The molecule has 0 radical (unpaired) electrons. The molecule has 0 aliphatic heterocycles. The van der Waals surface area contributed by atoms with Crippen molar-refractivity contribution >= 4 is 63.7 Å². The van der Waals surface area contributed by atoms with Crippen LogP contribution in [0.25, 0.3) is 0 Å². The van der Waals surface area contributed by atoms with Crippen LogP contribution in [0.5, 0.6) is 0 Å². The Bertz CT molecular complexity index is 838. The lowest BCUT2D eigenvalue weighted by Gasteiger charge is -2.28. The number of hydrogen-bond acceptors (Lipinski definition) is 2. The number of benzene rings is 1. The van der Waals surface area contributed by atoms with Crippen molar-refractivity contribution in [3.05, 3.63) is 29.8 Å². The second-order valence-electron chi connectivity index (χ2n) is 9.92. The van der Waals surface area contributed by atoms with Gasteiger partial charge in [0.05, 0.1) is 5.56 Å². The molecule has 0 aliphatic rings. The third-order valence-electron chi connectivity index (χ3n) is 6.36. The maximum atomic E-state index is 12.9. The standard InChI is InChI=1S/C28H43Cl3F3N3OS/c1-2-3-4-5-6-7-8-9-10-11-12-13-14-15-16-20-24(38)36-25(27(29,30)31)37-26(39)35-23-19-17-18-22(21-23)28(32,33)34/h17-19,21,25H,2-16,20H2,1H3,(H,36,38)(H2,35,37,39)/t25-/m1/s1. The lowest BCUT2D eigenvalue weighted by Crippen LogP contribution is -2.56. The number of unbranched alkanes of at least 4 members (excludes halogenated alkanes) is 14. The van der Waals surface area contributed by atoms with Gasteiger partial charge in [-0.1, -0.05) is 138 Å². The van der Waals surface area contributed by atoms with Crippen LogP contribution in [0.3, 0.4) is 0 Å². The maximum Gasteiger partial charge on any atom is 0.416 e. The van der Waals surface area contributed by atoms with Crippen LogP contribution < -0.4 is 16.0 Å². The number of amides is 1. The molecular formula is C28H43Cl3F3N3OS. The zero-order valence-electron chi connectivity index (χ0n) is 22.8. The Kier molecular flexibility index (Phi) is 18.5. The van der Waals surface area contributed by atoms with Gasteiger partial charge < -0.3 is 16.0 Å². The van der Waals surface area contributed by atoms with E-state index in [2.05, 4.69) is 22.9 Å². The van der Waals surface area contributed by atoms with E-state index >= 15 is 0 Å². The van der Waals surface area contributed by atoms with Gasteiger partial charge in [0, 0.05) is 12.1 Å². The molecule has 1 aromatic rings. The summed E-state index contributed by atoms with van der Waals surface area (Å²) >= 11 is 23.1. The molecule has 4 nitrogen and oxygen atoms in total. The summed E-state index contributed by atoms with van der Waals surface area (Å²) in [5, 5.41) is 7.79. The molecule has 1 atom stereocenters. The first-order valence-corrected chi connectivity index (χ1v) is 15.6. The van der Waals surface area contributed by atoms with Gasteiger partial charge >= 0.3 is 6.18 Å². The van der Waals surface area contributed by atoms with Gasteiger partial charge in [0.15, 0.2) is 5.11 Å². The van der Waals surface area contributed by atoms with Crippen molar-refractivity contribution in [2.75, 3.05) is 5.32 Å². The van der Waals surface area contributed by atoms with Crippen LogP contribution in [0, 0.1) is 0 Å². The fourth-order valence-corrected chi connectivity index (χ4v) is 4.72. The molecule has 0 heterocycles. The van der Waals surface area contributed by atoms with Crippen molar-refractivity contribution < 1.29 is 18.0 Å². The predicted octanol–water partition coefficient (Wildman–Crippen LogP) is 10.1. The minimum Gasteiger partial charge on any atom is -0.339 e. The van der Waals surface area contributed by atoms with Crippen molar-refractivity contribution in [2.24, 2.45) is 0 Å². The summed E-state index contributed by atoms with van der Waals surface area (Å²) in [6.07, 6.45) is 13.1. The normalized spacial score (nSPS) is 12.7. The molecule has 0 bridgehead atoms. The summed E-state index contributed by atoms with van der Waals surface area (Å²) in [4.78, 5) is 12.4. The molecule has 1 amide bonds. The molecule has 0 saturated carbocycles. The van der Waals surface area contributed by atoms with Crippen molar-refractivity contribution in [1.82, 2.24) is 10.6 Å². The molecule has 0 saturated heterocycles. The maximum absolute atomic E-state index is 12.9. The average molecular weight is 633 g/mol. The first-order valence-electron chi connectivity index (χ1n) is 14.0. The molecule has 0 spiro atoms. The first kappa shape index (κ1) is 36.1. The third kappa shape index (κ3) is 18.2. The highest BCUT2D eigenvalue weighted by atomic mass is 35.6. The Balaban J connectivity index is 2.22. The molecule has 11 heteroatoms. The van der Waals surface area contributed by atoms with Gasteiger partial charge in [0.25, 0.3) is 0 Å². The molecule has 0 fully saturated rings. The summed E-state index contributed by atoms with van der Waals surface area (Å²) in [7, 11) is 0. The van der Waals surface area contributed by atoms with Gasteiger partial charge in [0.2, 0.25) is 9.70 Å². The Morgan fingerprint density at radius 3 is 1.77 bits per heavy atom. The van der Waals surface area contributed by atoms with E-state index in [0.717, 1.165) is 31.4 Å². The first-order chi connectivity index (χ1) is 18.4. The highest BCUT2D eigenvalue weighted by Crippen LogP contribution is 2.31. The fourth-order valence-electron chi connectivity index (χ4n) is 4.16. The van der Waals surface area contributed by atoms with Gasteiger partial charge in [-0.25, -0.2) is 0 Å². The summed E-state index contributed by atoms with van der Waals surface area (Å²) in [5.41, 5.74) is -0.723. The minimum atomic E-state index is -4.49. The molecule has 39 heavy (non-hydrogen) atoms. The number of anilines is 1. The van der Waals surface area contributed by atoms with E-state index in [4.69, 9.17) is 47.0 Å². The second kappa shape index (κ2) is 20.0. The van der Waals surface area contributed by atoms with Crippen LogP contribution in [0.2, 0.25) is 0 Å². The summed E-state index contributed by atoms with van der Waals surface area (Å²) < 4.78 is 36.9. The van der Waals surface area contributed by atoms with E-state index < -0.39 is 21.7 Å². The number of thiocarbonyl (C=S) groups is 1. The monoisotopic (exact) mass is 631 g/mol. The Morgan fingerprint density at radius 2 is 1.31 bits per heavy atom. The molecule has 0 unspecified atom stereocenters. The van der Waals surface area contributed by atoms with Gasteiger partial charge in [-0.3, -0.25) is 4.79 Å². The van der Waals surface area contributed by atoms with Crippen molar-refractivity contribution in [2.45, 2.75) is 126 Å². The van der Waals surface area contributed by atoms with Crippen LogP contribution in [0.1, 0.15) is 115 Å². The van der Waals surface area contributed by atoms with Gasteiger partial charge in [-0.15, -0.1) is 0 Å². The van der Waals surface area contributed by atoms with E-state index in [0.29, 0.717) is 6.42 Å². The Labute approximate surface area is 252 Å². The van der Waals surface area contributed by atoms with Crippen molar-refractivity contribution in [1.29, 1.82) is 0 Å². The van der Waals surface area contributed by atoms with Gasteiger partial charge in [-0.05, 0) is 36.8 Å². The number of hydrogen-bond donors (Lipinski definition) is 3. The van der Waals surface area contributed by atoms with Gasteiger partial charge in [-0.2, -0.15) is 13.2 Å². The Morgan fingerprint density at radius 1 is 0.821 bits per heavy atom. The van der Waals surface area contributed by atoms with Crippen molar-refractivity contribution in [3.63, 3.8) is 0 Å². The summed E-state index contributed by atoms with van der Waals surface area (Å²) in [6, 6.07) is 4.53. The predicted molar refractivity (Wildman–Crippen MR) is 163 cm³/mol. The van der Waals surface area contributed by atoms with E-state index in [1.807, 2.05) is 0 Å². The zero-order chi connectivity index (χ0) is 29.2. The van der Waals surface area contributed by atoms with Crippen molar-refractivity contribution in [3.8, 4) is 0 Å². The lowest BCUT2D eigenvalue weighted by molar-refractivity contribution is -0.137. The number of rotatable bonds is 19. The van der Waals surface area contributed by atoms with Crippen LogP contribution in [0.4, 0.5) is 18.9 Å². The van der Waals surface area contributed by atoms with Gasteiger partial charge in [0.1, 0.15) is 6.17 Å². The topological polar surface area (TPSA) is 53.2 Å². The smallest absolute Gasteiger partial charge is 0.339 e. The fraction of sp³-hybridized carbons (Fsp3) is 0.714. The van der Waals surface area contributed by atoms with Crippen LogP contribution in [-0.4, -0.2) is 21.0 Å². The molecule has 3 N–H and O–H groups in total. The molecule has 0 aliphatic carbocycles. The molecular weight excluding hydrogens is 590 g/mol. The number of halogens is 6. The highest BCUT2D eigenvalue weighted by molar-refractivity contribution is 7.80. The lowest BCUT2D eigenvalue weighted by atomic mass is 10.0. The largest absolute Gasteiger partial charge is 0.416 e. The third-order valence-corrected chi connectivity index (χ3v) is 7.24. The Hall–Kier alpha value is -0.960. The quantitative estimate of drug-likeness (QED) is 0.0615. The van der Waals surface area contributed by atoms with Crippen LogP contribution in [-0.2, 0) is 11.0 Å². The summed E-state index contributed by atoms with van der Waals surface area (Å²) in [5.74, 6) is -0.310. The van der Waals surface area contributed by atoms with E-state index in [9.17, 15) is 18.0 Å². The SMILES string of the molecule is CCCCCCCCCCCCCCCCCC(=O)N[C@H](NC(=S)Nc1cccc(C(F)(F)F)c1)C(Cl)(Cl)Cl. The number of nitrogens with one attached hydrogen (secondary N) is 3. The van der Waals surface area contributed by atoms with E-state index in [-0.39, 0.29) is 23.1 Å². The molecule has 0 aromatic heterocycles.